The highest BCUT2D eigenvalue weighted by atomic mass is 16.5. The molecule has 6 nitrogen and oxygen atoms in total. The third-order valence-corrected chi connectivity index (χ3v) is 2.85. The zero-order valence-electron chi connectivity index (χ0n) is 9.05. The van der Waals surface area contributed by atoms with Crippen molar-refractivity contribution in [2.45, 2.75) is 18.9 Å². The number of imidazole rings is 1. The highest BCUT2D eigenvalue weighted by molar-refractivity contribution is 5.47. The first-order valence-electron chi connectivity index (χ1n) is 5.38. The minimum atomic E-state index is 0.217. The molecule has 1 saturated heterocycles. The van der Waals surface area contributed by atoms with E-state index in [2.05, 4.69) is 20.4 Å². The Balaban J connectivity index is 1.90. The van der Waals surface area contributed by atoms with Gasteiger partial charge in [-0.25, -0.2) is 4.98 Å². The van der Waals surface area contributed by atoms with E-state index in [1.54, 1.807) is 12.5 Å². The number of rotatable bonds is 2. The van der Waals surface area contributed by atoms with Crippen molar-refractivity contribution in [3.8, 4) is 11.5 Å². The molecule has 16 heavy (non-hydrogen) atoms. The maximum absolute atomic E-state index is 5.26. The van der Waals surface area contributed by atoms with Crippen LogP contribution in [0, 0.1) is 0 Å². The van der Waals surface area contributed by atoms with E-state index in [0.29, 0.717) is 11.7 Å². The highest BCUT2D eigenvalue weighted by Gasteiger charge is 2.23. The first-order chi connectivity index (χ1) is 7.84. The number of nitrogens with one attached hydrogen (secondary N) is 1. The Kier molecular flexibility index (Phi) is 2.21. The standard InChI is InChI=1S/C10H13N5O/c1-15-6-11-5-8(15)9-13-10(16-14-9)7-3-2-4-12-7/h5-7,12H,2-4H2,1H3/t7-/m1/s1. The number of hydrogen-bond acceptors (Lipinski definition) is 5. The average Bonchev–Trinajstić information content (AvgIpc) is 2.96. The Hall–Kier alpha value is -1.69. The summed E-state index contributed by atoms with van der Waals surface area (Å²) in [5, 5.41) is 7.30. The maximum Gasteiger partial charge on any atom is 0.244 e. The number of nitrogens with zero attached hydrogens (tertiary/aromatic N) is 4. The summed E-state index contributed by atoms with van der Waals surface area (Å²) in [6.07, 6.45) is 5.68. The van der Waals surface area contributed by atoms with E-state index in [-0.39, 0.29) is 6.04 Å². The van der Waals surface area contributed by atoms with Crippen LogP contribution in [0.5, 0.6) is 0 Å². The number of aromatic nitrogens is 4. The van der Waals surface area contributed by atoms with Crippen molar-refractivity contribution in [3.05, 3.63) is 18.4 Å². The molecule has 0 amide bonds. The largest absolute Gasteiger partial charge is 0.337 e. The molecular weight excluding hydrogens is 206 g/mol. The van der Waals surface area contributed by atoms with Crippen molar-refractivity contribution < 1.29 is 4.52 Å². The summed E-state index contributed by atoms with van der Waals surface area (Å²) in [6.45, 7) is 1.02. The van der Waals surface area contributed by atoms with Crippen molar-refractivity contribution in [1.29, 1.82) is 0 Å². The molecule has 0 aliphatic carbocycles. The summed E-state index contributed by atoms with van der Waals surface area (Å²) in [5.41, 5.74) is 0.869. The predicted molar refractivity (Wildman–Crippen MR) is 56.5 cm³/mol. The smallest absolute Gasteiger partial charge is 0.244 e. The molecule has 1 aliphatic rings. The van der Waals surface area contributed by atoms with Gasteiger partial charge in [-0.3, -0.25) is 0 Å². The zero-order chi connectivity index (χ0) is 11.0. The van der Waals surface area contributed by atoms with Crippen molar-refractivity contribution in [2.75, 3.05) is 6.54 Å². The van der Waals surface area contributed by atoms with Crippen LogP contribution in [0.3, 0.4) is 0 Å². The average molecular weight is 219 g/mol. The normalized spacial score (nSPS) is 20.4. The van der Waals surface area contributed by atoms with Crippen LogP contribution in [-0.2, 0) is 7.05 Å². The first kappa shape index (κ1) is 9.53. The maximum atomic E-state index is 5.26. The van der Waals surface area contributed by atoms with Gasteiger partial charge < -0.3 is 14.4 Å². The van der Waals surface area contributed by atoms with Crippen LogP contribution in [0.2, 0.25) is 0 Å². The molecule has 2 aromatic heterocycles. The van der Waals surface area contributed by atoms with E-state index >= 15 is 0 Å². The number of hydrogen-bond donors (Lipinski definition) is 1. The van der Waals surface area contributed by atoms with Crippen LogP contribution in [0.25, 0.3) is 11.5 Å². The van der Waals surface area contributed by atoms with Gasteiger partial charge >= 0.3 is 0 Å². The fraction of sp³-hybridized carbons (Fsp3) is 0.500. The minimum absolute atomic E-state index is 0.217. The lowest BCUT2D eigenvalue weighted by molar-refractivity contribution is 0.344. The van der Waals surface area contributed by atoms with Gasteiger partial charge in [0.05, 0.1) is 18.6 Å². The van der Waals surface area contributed by atoms with E-state index in [0.717, 1.165) is 25.1 Å². The van der Waals surface area contributed by atoms with Crippen LogP contribution >= 0.6 is 0 Å². The van der Waals surface area contributed by atoms with Crippen molar-refractivity contribution in [1.82, 2.24) is 25.0 Å². The Morgan fingerprint density at radius 3 is 3.19 bits per heavy atom. The molecule has 1 fully saturated rings. The second-order valence-electron chi connectivity index (χ2n) is 3.99. The van der Waals surface area contributed by atoms with Crippen LogP contribution in [0.15, 0.2) is 17.0 Å². The fourth-order valence-electron chi connectivity index (χ4n) is 1.95. The van der Waals surface area contributed by atoms with Gasteiger partial charge in [0.15, 0.2) is 0 Å². The van der Waals surface area contributed by atoms with E-state index in [1.807, 2.05) is 11.6 Å². The van der Waals surface area contributed by atoms with Gasteiger partial charge in [-0.05, 0) is 19.4 Å². The highest BCUT2D eigenvalue weighted by Crippen LogP contribution is 2.23. The Morgan fingerprint density at radius 1 is 1.56 bits per heavy atom. The van der Waals surface area contributed by atoms with E-state index in [9.17, 15) is 0 Å². The summed E-state index contributed by atoms with van der Waals surface area (Å²) in [6, 6.07) is 0.217. The molecule has 0 saturated carbocycles. The molecule has 0 radical (unpaired) electrons. The third-order valence-electron chi connectivity index (χ3n) is 2.85. The molecule has 1 atom stereocenters. The van der Waals surface area contributed by atoms with Gasteiger partial charge in [0, 0.05) is 7.05 Å². The molecular formula is C10H13N5O. The fourth-order valence-corrected chi connectivity index (χ4v) is 1.95. The Labute approximate surface area is 92.7 Å². The van der Waals surface area contributed by atoms with Crippen molar-refractivity contribution in [2.24, 2.45) is 7.05 Å². The summed E-state index contributed by atoms with van der Waals surface area (Å²) >= 11 is 0. The van der Waals surface area contributed by atoms with Gasteiger partial charge in [0.2, 0.25) is 11.7 Å². The molecule has 0 bridgehead atoms. The summed E-state index contributed by atoms with van der Waals surface area (Å²) < 4.78 is 7.13. The molecule has 0 spiro atoms. The van der Waals surface area contributed by atoms with Gasteiger partial charge in [0.25, 0.3) is 0 Å². The summed E-state index contributed by atoms with van der Waals surface area (Å²) in [5.74, 6) is 1.28. The van der Waals surface area contributed by atoms with Gasteiger partial charge in [-0.2, -0.15) is 4.98 Å². The molecule has 1 aliphatic heterocycles. The lowest BCUT2D eigenvalue weighted by atomic mass is 10.2. The molecule has 6 heteroatoms. The molecule has 0 unspecified atom stereocenters. The topological polar surface area (TPSA) is 68.8 Å². The number of aryl methyl sites for hydroxylation is 1. The van der Waals surface area contributed by atoms with E-state index in [1.165, 1.54) is 0 Å². The second-order valence-corrected chi connectivity index (χ2v) is 3.99. The van der Waals surface area contributed by atoms with Crippen LogP contribution in [0.4, 0.5) is 0 Å². The van der Waals surface area contributed by atoms with E-state index < -0.39 is 0 Å². The molecule has 2 aromatic rings. The van der Waals surface area contributed by atoms with Crippen LogP contribution < -0.4 is 5.32 Å². The van der Waals surface area contributed by atoms with E-state index in [4.69, 9.17) is 4.52 Å². The summed E-state index contributed by atoms with van der Waals surface area (Å²) in [7, 11) is 1.91. The van der Waals surface area contributed by atoms with Crippen LogP contribution in [0.1, 0.15) is 24.8 Å². The zero-order valence-corrected chi connectivity index (χ0v) is 9.05. The lowest BCUT2D eigenvalue weighted by Gasteiger charge is -2.01. The second kappa shape index (κ2) is 3.71. The third kappa shape index (κ3) is 1.51. The van der Waals surface area contributed by atoms with Gasteiger partial charge in [-0.15, -0.1) is 0 Å². The monoisotopic (exact) mass is 219 g/mol. The van der Waals surface area contributed by atoms with Gasteiger partial charge in [0.1, 0.15) is 5.69 Å². The quantitative estimate of drug-likeness (QED) is 0.812. The first-order valence-corrected chi connectivity index (χ1v) is 5.38. The molecule has 0 aromatic carbocycles. The van der Waals surface area contributed by atoms with Gasteiger partial charge in [-0.1, -0.05) is 5.16 Å². The minimum Gasteiger partial charge on any atom is -0.337 e. The summed E-state index contributed by atoms with van der Waals surface area (Å²) in [4.78, 5) is 8.42. The molecule has 3 heterocycles. The molecule has 84 valence electrons. The Bertz CT molecular complexity index is 483. The Morgan fingerprint density at radius 2 is 2.50 bits per heavy atom. The van der Waals surface area contributed by atoms with Crippen LogP contribution in [-0.4, -0.2) is 26.2 Å². The molecule has 3 rings (SSSR count). The SMILES string of the molecule is Cn1cncc1-c1noc([C@H]2CCCN2)n1. The molecule has 1 N–H and O–H groups in total. The lowest BCUT2D eigenvalue weighted by Crippen LogP contribution is -2.13. The van der Waals surface area contributed by atoms with Crippen molar-refractivity contribution in [3.63, 3.8) is 0 Å². The predicted octanol–water partition coefficient (Wildman–Crippen LogP) is 0.895. The van der Waals surface area contributed by atoms with Crippen molar-refractivity contribution >= 4 is 0 Å².